The van der Waals surface area contributed by atoms with Gasteiger partial charge in [0.15, 0.2) is 5.82 Å². The molecule has 2 heterocycles. The number of likely N-dealkylation sites (tertiary alicyclic amines) is 1. The Bertz CT molecular complexity index is 1110. The summed E-state index contributed by atoms with van der Waals surface area (Å²) in [6.45, 7) is 3.00. The lowest BCUT2D eigenvalue weighted by Gasteiger charge is -2.36. The van der Waals surface area contributed by atoms with Gasteiger partial charge in [-0.2, -0.15) is 18.2 Å². The number of piperidine rings is 1. The maximum Gasteiger partial charge on any atom is 0.416 e. The number of aromatic nitrogens is 2. The van der Waals surface area contributed by atoms with Gasteiger partial charge in [0.05, 0.1) is 12.1 Å². The number of benzene rings is 2. The van der Waals surface area contributed by atoms with E-state index in [0.29, 0.717) is 43.2 Å². The molecule has 1 aliphatic rings. The van der Waals surface area contributed by atoms with Crippen molar-refractivity contribution in [1.82, 2.24) is 15.0 Å². The van der Waals surface area contributed by atoms with Crippen LogP contribution >= 0.6 is 0 Å². The third kappa shape index (κ3) is 5.57. The zero-order chi connectivity index (χ0) is 23.6. The fourth-order valence-corrected chi connectivity index (χ4v) is 3.92. The molecule has 1 saturated heterocycles. The summed E-state index contributed by atoms with van der Waals surface area (Å²) in [4.78, 5) is 19.1. The first-order valence-electron chi connectivity index (χ1n) is 10.5. The highest BCUT2D eigenvalue weighted by atomic mass is 19.4. The zero-order valence-corrected chi connectivity index (χ0v) is 17.8. The molecule has 1 aliphatic heterocycles. The molecule has 1 amide bonds. The maximum atomic E-state index is 13.1. The Morgan fingerprint density at radius 3 is 2.67 bits per heavy atom. The summed E-state index contributed by atoms with van der Waals surface area (Å²) in [5.41, 5.74) is -0.0539. The number of amides is 1. The van der Waals surface area contributed by atoms with E-state index in [2.05, 4.69) is 20.4 Å². The Hall–Kier alpha value is -3.27. The largest absolute Gasteiger partial charge is 0.416 e. The van der Waals surface area contributed by atoms with Crippen LogP contribution in [0.4, 0.5) is 23.2 Å². The van der Waals surface area contributed by atoms with Gasteiger partial charge in [0.2, 0.25) is 5.91 Å². The summed E-state index contributed by atoms with van der Waals surface area (Å²) in [6, 6.07) is 10.4. The van der Waals surface area contributed by atoms with Gasteiger partial charge < -0.3 is 9.84 Å². The average Bonchev–Trinajstić information content (AvgIpc) is 3.24. The average molecular weight is 462 g/mol. The summed E-state index contributed by atoms with van der Waals surface area (Å²) in [5, 5.41) is 6.60. The van der Waals surface area contributed by atoms with Crippen LogP contribution in [0.25, 0.3) is 11.5 Å². The molecule has 1 fully saturated rings. The fraction of sp³-hybridized carbons (Fsp3) is 0.348. The molecule has 174 valence electrons. The van der Waals surface area contributed by atoms with Crippen LogP contribution in [0, 0.1) is 11.7 Å². The zero-order valence-electron chi connectivity index (χ0n) is 17.8. The molecule has 3 aromatic rings. The number of halogens is 4. The topological polar surface area (TPSA) is 71.3 Å². The SMILES string of the molecule is CC1CC(C(=O)Nc2cccc(C(F)(F)F)c2)CCN1Cc1noc(-c2ccc(F)cc2)n1. The summed E-state index contributed by atoms with van der Waals surface area (Å²) in [5.74, 6) is -0.182. The van der Waals surface area contributed by atoms with Gasteiger partial charge >= 0.3 is 6.18 Å². The molecule has 0 aliphatic carbocycles. The smallest absolute Gasteiger partial charge is 0.334 e. The number of rotatable bonds is 5. The minimum absolute atomic E-state index is 0.0313. The van der Waals surface area contributed by atoms with Crippen molar-refractivity contribution in [2.75, 3.05) is 11.9 Å². The van der Waals surface area contributed by atoms with Crippen molar-refractivity contribution in [1.29, 1.82) is 0 Å². The van der Waals surface area contributed by atoms with Crippen LogP contribution in [0.1, 0.15) is 31.2 Å². The number of anilines is 1. The molecule has 0 bridgehead atoms. The molecule has 33 heavy (non-hydrogen) atoms. The molecule has 2 aromatic carbocycles. The molecule has 0 spiro atoms. The molecule has 4 rings (SSSR count). The number of hydrogen-bond acceptors (Lipinski definition) is 5. The lowest BCUT2D eigenvalue weighted by atomic mass is 9.90. The van der Waals surface area contributed by atoms with E-state index >= 15 is 0 Å². The summed E-state index contributed by atoms with van der Waals surface area (Å²) >= 11 is 0. The highest BCUT2D eigenvalue weighted by Gasteiger charge is 2.32. The number of hydrogen-bond donors (Lipinski definition) is 1. The van der Waals surface area contributed by atoms with Gasteiger partial charge in [-0.1, -0.05) is 11.2 Å². The number of carbonyl (C=O) groups excluding carboxylic acids is 1. The molecule has 2 unspecified atom stereocenters. The van der Waals surface area contributed by atoms with Crippen molar-refractivity contribution >= 4 is 11.6 Å². The predicted molar refractivity (Wildman–Crippen MR) is 112 cm³/mol. The Morgan fingerprint density at radius 2 is 1.97 bits per heavy atom. The Labute approximate surface area is 187 Å². The number of carbonyl (C=O) groups is 1. The lowest BCUT2D eigenvalue weighted by Crippen LogP contribution is -2.43. The first kappa shape index (κ1) is 22.9. The molecule has 6 nitrogen and oxygen atoms in total. The molecule has 0 radical (unpaired) electrons. The van der Waals surface area contributed by atoms with Gasteiger partial charge in [0.25, 0.3) is 5.89 Å². The van der Waals surface area contributed by atoms with E-state index in [1.165, 1.54) is 24.3 Å². The minimum Gasteiger partial charge on any atom is -0.334 e. The van der Waals surface area contributed by atoms with Crippen LogP contribution in [0.3, 0.4) is 0 Å². The molecular formula is C23H22F4N4O2. The minimum atomic E-state index is -4.47. The van der Waals surface area contributed by atoms with Crippen molar-refractivity contribution in [3.05, 3.63) is 65.7 Å². The van der Waals surface area contributed by atoms with Gasteiger partial charge in [0.1, 0.15) is 5.82 Å². The van der Waals surface area contributed by atoms with Crippen LogP contribution < -0.4 is 5.32 Å². The van der Waals surface area contributed by atoms with Crippen LogP contribution in [0.15, 0.2) is 53.1 Å². The van der Waals surface area contributed by atoms with E-state index in [0.717, 1.165) is 12.1 Å². The Balaban J connectivity index is 1.33. The second-order valence-electron chi connectivity index (χ2n) is 8.13. The standard InChI is InChI=1S/C23H22F4N4O2/c1-14-11-16(21(32)28-19-4-2-3-17(12-19)23(25,26)27)9-10-31(14)13-20-29-22(33-30-20)15-5-7-18(24)8-6-15/h2-8,12,14,16H,9-11,13H2,1H3,(H,28,32). The first-order chi connectivity index (χ1) is 15.7. The molecule has 0 saturated carbocycles. The molecule has 1 aromatic heterocycles. The van der Waals surface area contributed by atoms with Crippen molar-refractivity contribution in [3.63, 3.8) is 0 Å². The van der Waals surface area contributed by atoms with E-state index < -0.39 is 11.7 Å². The maximum absolute atomic E-state index is 13.1. The van der Waals surface area contributed by atoms with Gasteiger partial charge in [-0.3, -0.25) is 9.69 Å². The number of nitrogens with zero attached hydrogens (tertiary/aromatic N) is 3. The van der Waals surface area contributed by atoms with Crippen LogP contribution in [0.2, 0.25) is 0 Å². The summed E-state index contributed by atoms with van der Waals surface area (Å²) in [6.07, 6.45) is -3.36. The van der Waals surface area contributed by atoms with Gasteiger partial charge in [-0.15, -0.1) is 0 Å². The lowest BCUT2D eigenvalue weighted by molar-refractivity contribution is -0.137. The first-order valence-corrected chi connectivity index (χ1v) is 10.5. The van der Waals surface area contributed by atoms with Crippen molar-refractivity contribution in [2.24, 2.45) is 5.92 Å². The molecule has 2 atom stereocenters. The molecule has 10 heteroatoms. The third-order valence-electron chi connectivity index (χ3n) is 5.75. The van der Waals surface area contributed by atoms with Crippen molar-refractivity contribution < 1.29 is 26.9 Å². The number of nitrogens with one attached hydrogen (secondary N) is 1. The Morgan fingerprint density at radius 1 is 1.21 bits per heavy atom. The van der Waals surface area contributed by atoms with E-state index in [4.69, 9.17) is 4.52 Å². The van der Waals surface area contributed by atoms with Crippen LogP contribution in [-0.4, -0.2) is 33.5 Å². The third-order valence-corrected chi connectivity index (χ3v) is 5.75. The Kier molecular flexibility index (Phi) is 6.46. The van der Waals surface area contributed by atoms with E-state index in [9.17, 15) is 22.4 Å². The van der Waals surface area contributed by atoms with E-state index in [-0.39, 0.29) is 29.4 Å². The monoisotopic (exact) mass is 462 g/mol. The predicted octanol–water partition coefficient (Wildman–Crippen LogP) is 5.13. The van der Waals surface area contributed by atoms with Crippen LogP contribution in [0.5, 0.6) is 0 Å². The van der Waals surface area contributed by atoms with Gasteiger partial charge in [0, 0.05) is 23.2 Å². The van der Waals surface area contributed by atoms with Crippen molar-refractivity contribution in [3.8, 4) is 11.5 Å². The van der Waals surface area contributed by atoms with Gasteiger partial charge in [-0.25, -0.2) is 4.39 Å². The van der Waals surface area contributed by atoms with Crippen LogP contribution in [-0.2, 0) is 17.5 Å². The fourth-order valence-electron chi connectivity index (χ4n) is 3.92. The van der Waals surface area contributed by atoms with Gasteiger partial charge in [-0.05, 0) is 68.8 Å². The summed E-state index contributed by atoms with van der Waals surface area (Å²) < 4.78 is 57.1. The second kappa shape index (κ2) is 9.30. The summed E-state index contributed by atoms with van der Waals surface area (Å²) in [7, 11) is 0. The second-order valence-corrected chi connectivity index (χ2v) is 8.13. The molecular weight excluding hydrogens is 440 g/mol. The van der Waals surface area contributed by atoms with E-state index in [1.807, 2.05) is 6.92 Å². The highest BCUT2D eigenvalue weighted by molar-refractivity contribution is 5.92. The van der Waals surface area contributed by atoms with Crippen molar-refractivity contribution in [2.45, 2.75) is 38.5 Å². The normalized spacial score (nSPS) is 19.4. The molecule has 1 N–H and O–H groups in total. The quantitative estimate of drug-likeness (QED) is 0.532. The number of alkyl halides is 3. The highest BCUT2D eigenvalue weighted by Crippen LogP contribution is 2.31. The van der Waals surface area contributed by atoms with E-state index in [1.54, 1.807) is 12.1 Å².